The second-order valence-corrected chi connectivity index (χ2v) is 5.00. The Morgan fingerprint density at radius 3 is 2.29 bits per heavy atom. The third kappa shape index (κ3) is 3.00. The molecule has 0 radical (unpaired) electrons. The van der Waals surface area contributed by atoms with Crippen LogP contribution in [0.5, 0.6) is 0 Å². The smallest absolute Gasteiger partial charge is 0.289 e. The number of anilines is 2. The van der Waals surface area contributed by atoms with Crippen LogP contribution in [0.15, 0.2) is 30.3 Å². The van der Waals surface area contributed by atoms with E-state index in [-0.39, 0.29) is 11.3 Å². The van der Waals surface area contributed by atoms with E-state index in [9.17, 15) is 10.1 Å². The SMILES string of the molecule is Cc1cc(C)c(Nc2ccc(C#N)c([N+](=O)[O-])c2)c(C)c1. The van der Waals surface area contributed by atoms with Crippen molar-refractivity contribution in [3.8, 4) is 6.07 Å². The summed E-state index contributed by atoms with van der Waals surface area (Å²) in [5.74, 6) is 0. The maximum Gasteiger partial charge on any atom is 0.289 e. The molecule has 0 unspecified atom stereocenters. The molecule has 1 N–H and O–H groups in total. The number of nitrogens with one attached hydrogen (secondary N) is 1. The van der Waals surface area contributed by atoms with E-state index in [1.165, 1.54) is 17.7 Å². The van der Waals surface area contributed by atoms with E-state index in [4.69, 9.17) is 5.26 Å². The van der Waals surface area contributed by atoms with E-state index in [1.54, 1.807) is 6.07 Å². The molecule has 0 fully saturated rings. The standard InChI is InChI=1S/C16H15N3O2/c1-10-6-11(2)16(12(3)7-10)18-14-5-4-13(9-17)15(8-14)19(20)21/h4-8,18H,1-3H3. The van der Waals surface area contributed by atoms with Gasteiger partial charge >= 0.3 is 0 Å². The van der Waals surface area contributed by atoms with Crippen LogP contribution >= 0.6 is 0 Å². The lowest BCUT2D eigenvalue weighted by atomic mass is 10.0. The molecule has 0 atom stereocenters. The third-order valence-corrected chi connectivity index (χ3v) is 3.26. The number of nitro benzene ring substituents is 1. The molecule has 0 heterocycles. The summed E-state index contributed by atoms with van der Waals surface area (Å²) < 4.78 is 0. The molecule has 0 aliphatic carbocycles. The molecule has 2 aromatic rings. The summed E-state index contributed by atoms with van der Waals surface area (Å²) in [4.78, 5) is 10.4. The Kier molecular flexibility index (Phi) is 3.90. The van der Waals surface area contributed by atoms with Gasteiger partial charge in [-0.1, -0.05) is 17.7 Å². The maximum atomic E-state index is 11.0. The van der Waals surface area contributed by atoms with Crippen LogP contribution < -0.4 is 5.32 Å². The Labute approximate surface area is 123 Å². The maximum absolute atomic E-state index is 11.0. The second-order valence-electron chi connectivity index (χ2n) is 5.00. The zero-order valence-corrected chi connectivity index (χ0v) is 12.1. The van der Waals surface area contributed by atoms with E-state index in [2.05, 4.69) is 5.32 Å². The molecule has 106 valence electrons. The number of nitriles is 1. The zero-order valence-electron chi connectivity index (χ0n) is 12.1. The molecule has 0 spiro atoms. The van der Waals surface area contributed by atoms with Gasteiger partial charge in [0.25, 0.3) is 5.69 Å². The van der Waals surface area contributed by atoms with E-state index in [0.717, 1.165) is 16.8 Å². The number of benzene rings is 2. The minimum absolute atomic E-state index is 0.0582. The average Bonchev–Trinajstić information content (AvgIpc) is 2.42. The van der Waals surface area contributed by atoms with E-state index >= 15 is 0 Å². The molecule has 0 saturated carbocycles. The minimum Gasteiger partial charge on any atom is -0.355 e. The number of aryl methyl sites for hydroxylation is 3. The molecule has 0 saturated heterocycles. The highest BCUT2D eigenvalue weighted by atomic mass is 16.6. The van der Waals surface area contributed by atoms with Gasteiger partial charge in [0, 0.05) is 17.4 Å². The van der Waals surface area contributed by atoms with Crippen LogP contribution in [-0.4, -0.2) is 4.92 Å². The van der Waals surface area contributed by atoms with Crippen molar-refractivity contribution in [3.63, 3.8) is 0 Å². The molecule has 0 amide bonds. The van der Waals surface area contributed by atoms with E-state index in [1.807, 2.05) is 39.0 Å². The highest BCUT2D eigenvalue weighted by molar-refractivity contribution is 5.70. The number of rotatable bonds is 3. The van der Waals surface area contributed by atoms with Gasteiger partial charge in [-0.05, 0) is 44.0 Å². The van der Waals surface area contributed by atoms with Crippen LogP contribution in [0.2, 0.25) is 0 Å². The molecule has 0 aromatic heterocycles. The van der Waals surface area contributed by atoms with Gasteiger partial charge in [-0.3, -0.25) is 10.1 Å². The van der Waals surface area contributed by atoms with Gasteiger partial charge in [-0.2, -0.15) is 5.26 Å². The molecule has 5 heteroatoms. The lowest BCUT2D eigenvalue weighted by molar-refractivity contribution is -0.385. The monoisotopic (exact) mass is 281 g/mol. The van der Waals surface area contributed by atoms with Crippen molar-refractivity contribution in [2.45, 2.75) is 20.8 Å². The van der Waals surface area contributed by atoms with Crippen LogP contribution in [0.3, 0.4) is 0 Å². The van der Waals surface area contributed by atoms with Gasteiger partial charge in [0.2, 0.25) is 0 Å². The molecule has 2 aromatic carbocycles. The Morgan fingerprint density at radius 1 is 1.14 bits per heavy atom. The highest BCUT2D eigenvalue weighted by Crippen LogP contribution is 2.29. The number of hydrogen-bond acceptors (Lipinski definition) is 4. The van der Waals surface area contributed by atoms with Crippen LogP contribution in [0.4, 0.5) is 17.1 Å². The average molecular weight is 281 g/mol. The minimum atomic E-state index is -0.543. The predicted octanol–water partition coefficient (Wildman–Crippen LogP) is 4.14. The van der Waals surface area contributed by atoms with Crippen LogP contribution in [-0.2, 0) is 0 Å². The van der Waals surface area contributed by atoms with Crippen molar-refractivity contribution in [2.24, 2.45) is 0 Å². The summed E-state index contributed by atoms with van der Waals surface area (Å²) in [5.41, 5.74) is 4.70. The number of nitro groups is 1. The molecule has 0 bridgehead atoms. The lowest BCUT2D eigenvalue weighted by Crippen LogP contribution is -1.99. The van der Waals surface area contributed by atoms with Crippen LogP contribution in [0.25, 0.3) is 0 Å². The van der Waals surface area contributed by atoms with Gasteiger partial charge in [0.15, 0.2) is 0 Å². The fraction of sp³-hybridized carbons (Fsp3) is 0.188. The number of nitrogens with zero attached hydrogens (tertiary/aromatic N) is 2. The van der Waals surface area contributed by atoms with Crippen molar-refractivity contribution in [3.05, 3.63) is 62.7 Å². The first-order chi connectivity index (χ1) is 9.92. The molecular weight excluding hydrogens is 266 g/mol. The largest absolute Gasteiger partial charge is 0.355 e. The van der Waals surface area contributed by atoms with Gasteiger partial charge in [-0.15, -0.1) is 0 Å². The molecular formula is C16H15N3O2. The highest BCUT2D eigenvalue weighted by Gasteiger charge is 2.15. The topological polar surface area (TPSA) is 79.0 Å². The third-order valence-electron chi connectivity index (χ3n) is 3.26. The van der Waals surface area contributed by atoms with Crippen LogP contribution in [0, 0.1) is 42.2 Å². The van der Waals surface area contributed by atoms with Crippen molar-refractivity contribution in [2.75, 3.05) is 5.32 Å². The van der Waals surface area contributed by atoms with Crippen molar-refractivity contribution in [1.29, 1.82) is 5.26 Å². The Morgan fingerprint density at radius 2 is 1.76 bits per heavy atom. The normalized spacial score (nSPS) is 10.0. The summed E-state index contributed by atoms with van der Waals surface area (Å²) in [6, 6.07) is 10.4. The van der Waals surface area contributed by atoms with Crippen molar-refractivity contribution in [1.82, 2.24) is 0 Å². The second kappa shape index (κ2) is 5.63. The molecule has 21 heavy (non-hydrogen) atoms. The van der Waals surface area contributed by atoms with Crippen molar-refractivity contribution >= 4 is 17.1 Å². The Hall–Kier alpha value is -2.87. The number of hydrogen-bond donors (Lipinski definition) is 1. The molecule has 5 nitrogen and oxygen atoms in total. The van der Waals surface area contributed by atoms with Gasteiger partial charge < -0.3 is 5.32 Å². The van der Waals surface area contributed by atoms with E-state index < -0.39 is 4.92 Å². The van der Waals surface area contributed by atoms with Gasteiger partial charge in [-0.25, -0.2) is 0 Å². The summed E-state index contributed by atoms with van der Waals surface area (Å²) in [5, 5.41) is 23.1. The lowest BCUT2D eigenvalue weighted by Gasteiger charge is -2.14. The predicted molar refractivity (Wildman–Crippen MR) is 81.7 cm³/mol. The van der Waals surface area contributed by atoms with Gasteiger partial charge in [0.05, 0.1) is 4.92 Å². The quantitative estimate of drug-likeness (QED) is 0.677. The Bertz CT molecular complexity index is 738. The first-order valence-electron chi connectivity index (χ1n) is 6.46. The molecule has 0 aliphatic heterocycles. The summed E-state index contributed by atoms with van der Waals surface area (Å²) in [7, 11) is 0. The van der Waals surface area contributed by atoms with Crippen molar-refractivity contribution < 1.29 is 4.92 Å². The first kappa shape index (κ1) is 14.5. The first-order valence-corrected chi connectivity index (χ1v) is 6.46. The Balaban J connectivity index is 2.44. The summed E-state index contributed by atoms with van der Waals surface area (Å²) in [6.07, 6.45) is 0. The van der Waals surface area contributed by atoms with E-state index in [0.29, 0.717) is 5.69 Å². The summed E-state index contributed by atoms with van der Waals surface area (Å²) >= 11 is 0. The zero-order chi connectivity index (χ0) is 15.6. The molecule has 2 rings (SSSR count). The molecule has 0 aliphatic rings. The van der Waals surface area contributed by atoms with Gasteiger partial charge in [0.1, 0.15) is 11.6 Å². The van der Waals surface area contributed by atoms with Crippen LogP contribution in [0.1, 0.15) is 22.3 Å². The summed E-state index contributed by atoms with van der Waals surface area (Å²) in [6.45, 7) is 6.00. The fourth-order valence-electron chi connectivity index (χ4n) is 2.38. The fourth-order valence-corrected chi connectivity index (χ4v) is 2.38.